The molecule has 2 aromatic carbocycles. The van der Waals surface area contributed by atoms with Crippen molar-refractivity contribution in [1.82, 2.24) is 10.6 Å². The molecular weight excluding hydrogens is 844 g/mol. The average Bonchev–Trinajstić information content (AvgIpc) is 3.23. The van der Waals surface area contributed by atoms with E-state index >= 15 is 0 Å². The van der Waals surface area contributed by atoms with Crippen molar-refractivity contribution in [2.45, 2.75) is 90.1 Å². The van der Waals surface area contributed by atoms with Crippen molar-refractivity contribution in [2.24, 2.45) is 0 Å². The smallest absolute Gasteiger partial charge is 0.366 e. The Morgan fingerprint density at radius 3 is 1.94 bits per heavy atom. The number of carbonyl (C=O) groups excluding carboxylic acids is 8. The van der Waals surface area contributed by atoms with Crippen molar-refractivity contribution in [2.75, 3.05) is 53.3 Å². The highest BCUT2D eigenvalue weighted by Crippen LogP contribution is 2.37. The first-order valence-electron chi connectivity index (χ1n) is 20.0. The predicted octanol–water partition coefficient (Wildman–Crippen LogP) is 1.51. The summed E-state index contributed by atoms with van der Waals surface area (Å²) in [5, 5.41) is 5.21. The molecule has 0 spiro atoms. The number of esters is 6. The third-order valence-corrected chi connectivity index (χ3v) is 9.00. The maximum atomic E-state index is 13.7. The molecule has 0 bridgehead atoms. The van der Waals surface area contributed by atoms with Gasteiger partial charge in [0.15, 0.2) is 18.8 Å². The molecule has 1 fully saturated rings. The van der Waals surface area contributed by atoms with Gasteiger partial charge in [-0.15, -0.1) is 12.3 Å². The standard InChI is InChI=1S/C44H54N2O18/c1-8-9-18-56-19-20-57-21-22-59-44(43(54)55-7)24-36(61-29(4)49)40(46-39(53)26-58-27(2)47)42(64-44)41(63-31(6)51)37(62-30(5)50)25-45-38(52)23-32-10-12-33(13-11-32)34-14-16-35(17-15-34)60-28(3)48/h1,10-17,36-37,40-42H,9,18-26H2,2-7H3,(H,45,52)(H,46,53)/t36-,37+,40+,41+,42+,44?/m0/s1. The Kier molecular flexibility index (Phi) is 21.3. The topological polar surface area (TPSA) is 253 Å². The van der Waals surface area contributed by atoms with E-state index in [2.05, 4.69) is 16.6 Å². The summed E-state index contributed by atoms with van der Waals surface area (Å²) in [6.07, 6.45) is -1.80. The second kappa shape index (κ2) is 26.3. The van der Waals surface area contributed by atoms with Crippen molar-refractivity contribution < 1.29 is 85.7 Å². The molecule has 2 aromatic rings. The van der Waals surface area contributed by atoms with E-state index in [1.54, 1.807) is 48.5 Å². The Morgan fingerprint density at radius 1 is 0.766 bits per heavy atom. The van der Waals surface area contributed by atoms with Crippen LogP contribution in [0.15, 0.2) is 48.5 Å². The normalized spacial score (nSPS) is 18.7. The van der Waals surface area contributed by atoms with E-state index in [-0.39, 0.29) is 32.8 Å². The number of terminal acetylenes is 1. The number of rotatable bonds is 24. The number of methoxy groups -OCH3 is 1. The van der Waals surface area contributed by atoms with E-state index < -0.39 is 103 Å². The van der Waals surface area contributed by atoms with Gasteiger partial charge in [0.05, 0.1) is 65.6 Å². The number of carbonyl (C=O) groups is 8. The lowest BCUT2D eigenvalue weighted by Crippen LogP contribution is -2.70. The molecule has 6 atom stereocenters. The molecule has 0 saturated carbocycles. The summed E-state index contributed by atoms with van der Waals surface area (Å²) in [6.45, 7) is 4.38. The van der Waals surface area contributed by atoms with Gasteiger partial charge in [0.2, 0.25) is 5.91 Å². The maximum Gasteiger partial charge on any atom is 0.366 e. The van der Waals surface area contributed by atoms with Crippen LogP contribution in [0, 0.1) is 12.3 Å². The van der Waals surface area contributed by atoms with E-state index in [1.807, 2.05) is 0 Å². The number of nitrogens with one attached hydrogen (secondary N) is 2. The molecule has 2 amide bonds. The van der Waals surface area contributed by atoms with Crippen molar-refractivity contribution in [3.8, 4) is 29.2 Å². The van der Waals surface area contributed by atoms with Crippen LogP contribution >= 0.6 is 0 Å². The van der Waals surface area contributed by atoms with Crippen LogP contribution in [0.1, 0.15) is 53.0 Å². The first kappa shape index (κ1) is 51.9. The number of hydrogen-bond acceptors (Lipinski definition) is 18. The van der Waals surface area contributed by atoms with Crippen LogP contribution in [0.4, 0.5) is 0 Å². The van der Waals surface area contributed by atoms with Crippen LogP contribution in [-0.2, 0) is 87.4 Å². The monoisotopic (exact) mass is 898 g/mol. The second-order valence-electron chi connectivity index (χ2n) is 14.1. The third-order valence-electron chi connectivity index (χ3n) is 9.00. The Bertz CT molecular complexity index is 1960. The lowest BCUT2D eigenvalue weighted by atomic mass is 9.87. The average molecular weight is 899 g/mol. The van der Waals surface area contributed by atoms with E-state index in [0.29, 0.717) is 24.3 Å². The summed E-state index contributed by atoms with van der Waals surface area (Å²) in [4.78, 5) is 101. The third kappa shape index (κ3) is 17.4. The summed E-state index contributed by atoms with van der Waals surface area (Å²) in [6, 6.07) is 12.3. The second-order valence-corrected chi connectivity index (χ2v) is 14.1. The van der Waals surface area contributed by atoms with Crippen molar-refractivity contribution in [3.63, 3.8) is 0 Å². The fourth-order valence-electron chi connectivity index (χ4n) is 6.41. The number of ether oxygens (including phenoxy) is 10. The minimum absolute atomic E-state index is 0.116. The van der Waals surface area contributed by atoms with Gasteiger partial charge in [0.25, 0.3) is 11.7 Å². The zero-order valence-corrected chi connectivity index (χ0v) is 36.5. The van der Waals surface area contributed by atoms with Crippen molar-refractivity contribution >= 4 is 47.6 Å². The molecule has 0 aromatic heterocycles. The zero-order valence-electron chi connectivity index (χ0n) is 36.5. The molecule has 1 aliphatic rings. The maximum absolute atomic E-state index is 13.7. The van der Waals surface area contributed by atoms with Gasteiger partial charge in [-0.2, -0.15) is 0 Å². The lowest BCUT2D eigenvalue weighted by molar-refractivity contribution is -0.315. The molecular formula is C44H54N2O18. The van der Waals surface area contributed by atoms with Gasteiger partial charge in [0, 0.05) is 41.0 Å². The molecule has 1 aliphatic heterocycles. The van der Waals surface area contributed by atoms with Gasteiger partial charge in [-0.3, -0.25) is 33.6 Å². The highest BCUT2D eigenvalue weighted by Gasteiger charge is 2.59. The van der Waals surface area contributed by atoms with Crippen LogP contribution in [0.25, 0.3) is 11.1 Å². The van der Waals surface area contributed by atoms with Crippen LogP contribution < -0.4 is 15.4 Å². The van der Waals surface area contributed by atoms with Gasteiger partial charge in [-0.1, -0.05) is 36.4 Å². The molecule has 1 heterocycles. The van der Waals surface area contributed by atoms with E-state index in [9.17, 15) is 38.4 Å². The fourth-order valence-corrected chi connectivity index (χ4v) is 6.41. The lowest BCUT2D eigenvalue weighted by Gasteiger charge is -2.48. The number of hydrogen-bond donors (Lipinski definition) is 2. The zero-order chi connectivity index (χ0) is 47.2. The van der Waals surface area contributed by atoms with Crippen LogP contribution in [0.5, 0.6) is 5.75 Å². The Morgan fingerprint density at radius 2 is 1.38 bits per heavy atom. The Labute approximate surface area is 370 Å². The largest absolute Gasteiger partial charge is 0.465 e. The van der Waals surface area contributed by atoms with Gasteiger partial charge >= 0.3 is 35.8 Å². The summed E-state index contributed by atoms with van der Waals surface area (Å²) in [7, 11) is 1.03. The first-order chi connectivity index (χ1) is 30.5. The van der Waals surface area contributed by atoms with Gasteiger partial charge in [0.1, 0.15) is 18.0 Å². The highest BCUT2D eigenvalue weighted by atomic mass is 16.7. The molecule has 1 unspecified atom stereocenters. The first-order valence-corrected chi connectivity index (χ1v) is 20.0. The fraction of sp³-hybridized carbons (Fsp3) is 0.500. The SMILES string of the molecule is C#CCCOCCOCCOC1(C(=O)OC)C[C@H](OC(C)=O)[C@@H](NC(=O)COC(C)=O)[C@H]([C@H](OC(C)=O)[C@@H](CNC(=O)Cc2ccc(-c3ccc(OC(C)=O)cc3)cc2)OC(C)=O)O1. The Hall–Kier alpha value is -6.40. The molecule has 2 N–H and O–H groups in total. The van der Waals surface area contributed by atoms with Crippen LogP contribution in [0.3, 0.4) is 0 Å². The molecule has 348 valence electrons. The molecule has 1 saturated heterocycles. The van der Waals surface area contributed by atoms with Gasteiger partial charge < -0.3 is 58.0 Å². The minimum atomic E-state index is -2.44. The summed E-state index contributed by atoms with van der Waals surface area (Å²) < 4.78 is 55.1. The highest BCUT2D eigenvalue weighted by molar-refractivity contribution is 5.81. The van der Waals surface area contributed by atoms with Gasteiger partial charge in [-0.25, -0.2) is 4.79 Å². The molecule has 0 radical (unpaired) electrons. The Balaban J connectivity index is 1.96. The molecule has 0 aliphatic carbocycles. The summed E-state index contributed by atoms with van der Waals surface area (Å²) in [5.41, 5.74) is 2.23. The number of benzene rings is 2. The predicted molar refractivity (Wildman–Crippen MR) is 220 cm³/mol. The summed E-state index contributed by atoms with van der Waals surface area (Å²) >= 11 is 0. The minimum Gasteiger partial charge on any atom is -0.465 e. The molecule has 3 rings (SSSR count). The number of amides is 2. The quantitative estimate of drug-likeness (QED) is 0.0498. The van der Waals surface area contributed by atoms with Crippen molar-refractivity contribution in [1.29, 1.82) is 0 Å². The van der Waals surface area contributed by atoms with Crippen molar-refractivity contribution in [3.05, 3.63) is 54.1 Å². The summed E-state index contributed by atoms with van der Waals surface area (Å²) in [5.74, 6) is -6.21. The molecule has 20 nitrogen and oxygen atoms in total. The van der Waals surface area contributed by atoms with Crippen LogP contribution in [0.2, 0.25) is 0 Å². The van der Waals surface area contributed by atoms with Gasteiger partial charge in [-0.05, 0) is 28.8 Å². The van der Waals surface area contributed by atoms with E-state index in [0.717, 1.165) is 45.9 Å². The molecule has 20 heteroatoms. The molecule has 64 heavy (non-hydrogen) atoms. The van der Waals surface area contributed by atoms with E-state index in [4.69, 9.17) is 53.8 Å². The van der Waals surface area contributed by atoms with E-state index in [1.165, 1.54) is 6.92 Å². The van der Waals surface area contributed by atoms with Crippen LogP contribution in [-0.4, -0.2) is 137 Å².